The molecular weight excluding hydrogens is 392 g/mol. The Hall–Kier alpha value is -2.64. The first kappa shape index (κ1) is 20.3. The molecule has 1 N–H and O–H groups in total. The molecule has 2 aliphatic heterocycles. The molecule has 0 radical (unpaired) electrons. The number of hydrogen-bond donors (Lipinski definition) is 1. The minimum Gasteiger partial charge on any atom is -0.378 e. The van der Waals surface area contributed by atoms with E-state index in [2.05, 4.69) is 33.4 Å². The monoisotopic (exact) mass is 422 g/mol. The van der Waals surface area contributed by atoms with Crippen LogP contribution in [0.4, 0.5) is 22.9 Å². The van der Waals surface area contributed by atoms with Crippen molar-refractivity contribution >= 4 is 28.8 Å². The first-order valence-electron chi connectivity index (χ1n) is 11.3. The van der Waals surface area contributed by atoms with Crippen molar-refractivity contribution in [2.24, 2.45) is 5.92 Å². The van der Waals surface area contributed by atoms with Crippen LogP contribution in [0.2, 0.25) is 0 Å². The zero-order valence-electron chi connectivity index (χ0n) is 18.0. The highest BCUT2D eigenvalue weighted by molar-refractivity contribution is 6.00. The van der Waals surface area contributed by atoms with Gasteiger partial charge in [0.2, 0.25) is 5.91 Å². The average molecular weight is 423 g/mol. The molecule has 1 saturated heterocycles. The normalized spacial score (nSPS) is 23.0. The standard InChI is InChI=1S/C24H30N4O3/c1-2-31-20-7-5-17(14-20)24(29)28-16-18-4-3-9-25-23(18)26-21-8-6-19(15-22(21)28)27-10-12-30-13-11-27/h3-4,6,8-9,15,17,20H,2,5,7,10-14,16H2,1H3,(H,25,26)/t17-,20-/m0/s1. The van der Waals surface area contributed by atoms with Gasteiger partial charge in [0.15, 0.2) is 0 Å². The Bertz CT molecular complexity index is 944. The highest BCUT2D eigenvalue weighted by Gasteiger charge is 2.35. The van der Waals surface area contributed by atoms with Gasteiger partial charge in [0.25, 0.3) is 0 Å². The van der Waals surface area contributed by atoms with Gasteiger partial charge in [0, 0.05) is 43.1 Å². The van der Waals surface area contributed by atoms with Gasteiger partial charge in [-0.25, -0.2) is 4.98 Å². The zero-order valence-corrected chi connectivity index (χ0v) is 18.0. The number of nitrogens with zero attached hydrogens (tertiary/aromatic N) is 3. The lowest BCUT2D eigenvalue weighted by Crippen LogP contribution is -2.37. The number of amides is 1. The lowest BCUT2D eigenvalue weighted by Gasteiger charge is -2.31. The van der Waals surface area contributed by atoms with Crippen LogP contribution in [0.1, 0.15) is 31.7 Å². The second kappa shape index (κ2) is 8.85. The van der Waals surface area contributed by atoms with Crippen molar-refractivity contribution in [3.05, 3.63) is 42.1 Å². The topological polar surface area (TPSA) is 66.9 Å². The summed E-state index contributed by atoms with van der Waals surface area (Å²) in [5, 5.41) is 3.46. The molecule has 0 bridgehead atoms. The molecule has 0 spiro atoms. The lowest BCUT2D eigenvalue weighted by molar-refractivity contribution is -0.122. The molecule has 164 valence electrons. The van der Waals surface area contributed by atoms with Crippen molar-refractivity contribution in [2.45, 2.75) is 38.8 Å². The molecule has 5 rings (SSSR count). The average Bonchev–Trinajstić information content (AvgIpc) is 3.21. The van der Waals surface area contributed by atoms with Gasteiger partial charge in [-0.05, 0) is 50.5 Å². The lowest BCUT2D eigenvalue weighted by atomic mass is 10.0. The van der Waals surface area contributed by atoms with E-state index in [1.807, 2.05) is 24.0 Å². The Kier molecular flexibility index (Phi) is 5.78. The van der Waals surface area contributed by atoms with E-state index in [4.69, 9.17) is 9.47 Å². The summed E-state index contributed by atoms with van der Waals surface area (Å²) in [4.78, 5) is 22.6. The Morgan fingerprint density at radius 1 is 1.26 bits per heavy atom. The predicted molar refractivity (Wildman–Crippen MR) is 121 cm³/mol. The summed E-state index contributed by atoms with van der Waals surface area (Å²) in [5.41, 5.74) is 3.99. The van der Waals surface area contributed by atoms with Crippen molar-refractivity contribution in [3.63, 3.8) is 0 Å². The fourth-order valence-electron chi connectivity index (χ4n) is 4.90. The van der Waals surface area contributed by atoms with Crippen LogP contribution in [0, 0.1) is 5.92 Å². The van der Waals surface area contributed by atoms with Gasteiger partial charge >= 0.3 is 0 Å². The van der Waals surface area contributed by atoms with E-state index in [1.165, 1.54) is 0 Å². The number of rotatable bonds is 4. The molecule has 2 aromatic rings. The van der Waals surface area contributed by atoms with Crippen molar-refractivity contribution in [2.75, 3.05) is 48.0 Å². The maximum atomic E-state index is 13.8. The molecule has 1 saturated carbocycles. The number of carbonyl (C=O) groups is 1. The number of carbonyl (C=O) groups excluding carboxylic acids is 1. The molecular formula is C24H30N4O3. The number of fused-ring (bicyclic) bond motifs is 2. The molecule has 2 fully saturated rings. The highest BCUT2D eigenvalue weighted by Crippen LogP contribution is 2.40. The van der Waals surface area contributed by atoms with E-state index in [0.717, 1.165) is 74.0 Å². The molecule has 3 heterocycles. The summed E-state index contributed by atoms with van der Waals surface area (Å²) in [6.07, 6.45) is 4.61. The fourth-order valence-corrected chi connectivity index (χ4v) is 4.90. The molecule has 1 aromatic heterocycles. The van der Waals surface area contributed by atoms with E-state index < -0.39 is 0 Å². The molecule has 7 heteroatoms. The van der Waals surface area contributed by atoms with Crippen LogP contribution in [-0.4, -0.2) is 49.9 Å². The number of nitrogens with one attached hydrogen (secondary N) is 1. The van der Waals surface area contributed by atoms with Gasteiger partial charge in [-0.3, -0.25) is 4.79 Å². The molecule has 3 aliphatic rings. The number of hydrogen-bond acceptors (Lipinski definition) is 6. The number of ether oxygens (including phenoxy) is 2. The maximum Gasteiger partial charge on any atom is 0.230 e. The van der Waals surface area contributed by atoms with Gasteiger partial charge in [-0.1, -0.05) is 6.07 Å². The molecule has 7 nitrogen and oxygen atoms in total. The fraction of sp³-hybridized carbons (Fsp3) is 0.500. The number of anilines is 4. The molecule has 1 aliphatic carbocycles. The van der Waals surface area contributed by atoms with Gasteiger partial charge in [-0.2, -0.15) is 0 Å². The van der Waals surface area contributed by atoms with E-state index >= 15 is 0 Å². The first-order chi connectivity index (χ1) is 15.2. The summed E-state index contributed by atoms with van der Waals surface area (Å²) >= 11 is 0. The summed E-state index contributed by atoms with van der Waals surface area (Å²) in [7, 11) is 0. The second-order valence-electron chi connectivity index (χ2n) is 8.45. The van der Waals surface area contributed by atoms with Crippen LogP contribution in [0.25, 0.3) is 0 Å². The van der Waals surface area contributed by atoms with Gasteiger partial charge in [-0.15, -0.1) is 0 Å². The van der Waals surface area contributed by atoms with Crippen molar-refractivity contribution in [3.8, 4) is 0 Å². The first-order valence-corrected chi connectivity index (χ1v) is 11.3. The highest BCUT2D eigenvalue weighted by atomic mass is 16.5. The Morgan fingerprint density at radius 2 is 2.13 bits per heavy atom. The van der Waals surface area contributed by atoms with Crippen LogP contribution in [0.3, 0.4) is 0 Å². The number of pyridine rings is 1. The van der Waals surface area contributed by atoms with E-state index in [1.54, 1.807) is 6.20 Å². The molecule has 0 unspecified atom stereocenters. The number of aromatic nitrogens is 1. The zero-order chi connectivity index (χ0) is 21.2. The third-order valence-electron chi connectivity index (χ3n) is 6.52. The van der Waals surface area contributed by atoms with E-state index in [9.17, 15) is 4.79 Å². The van der Waals surface area contributed by atoms with Crippen molar-refractivity contribution in [1.82, 2.24) is 4.98 Å². The summed E-state index contributed by atoms with van der Waals surface area (Å²) < 4.78 is 11.3. The summed E-state index contributed by atoms with van der Waals surface area (Å²) in [6.45, 7) is 6.42. The molecule has 1 amide bonds. The quantitative estimate of drug-likeness (QED) is 0.810. The van der Waals surface area contributed by atoms with E-state index in [-0.39, 0.29) is 17.9 Å². The summed E-state index contributed by atoms with van der Waals surface area (Å²) in [5.74, 6) is 0.993. The predicted octanol–water partition coefficient (Wildman–Crippen LogP) is 3.71. The molecule has 2 atom stereocenters. The van der Waals surface area contributed by atoms with Crippen LogP contribution < -0.4 is 15.1 Å². The van der Waals surface area contributed by atoms with Crippen LogP contribution >= 0.6 is 0 Å². The van der Waals surface area contributed by atoms with Crippen LogP contribution in [0.15, 0.2) is 36.5 Å². The van der Waals surface area contributed by atoms with Gasteiger partial charge in [0.1, 0.15) is 5.82 Å². The Morgan fingerprint density at radius 3 is 2.97 bits per heavy atom. The molecule has 1 aromatic carbocycles. The second-order valence-corrected chi connectivity index (χ2v) is 8.45. The van der Waals surface area contributed by atoms with Crippen LogP contribution in [-0.2, 0) is 20.8 Å². The van der Waals surface area contributed by atoms with E-state index in [0.29, 0.717) is 13.2 Å². The maximum absolute atomic E-state index is 13.8. The Labute approximate surface area is 183 Å². The molecule has 31 heavy (non-hydrogen) atoms. The minimum atomic E-state index is -0.00494. The van der Waals surface area contributed by atoms with Crippen LogP contribution in [0.5, 0.6) is 0 Å². The third-order valence-corrected chi connectivity index (χ3v) is 6.52. The van der Waals surface area contributed by atoms with Gasteiger partial charge in [0.05, 0.1) is 37.2 Å². The van der Waals surface area contributed by atoms with Crippen molar-refractivity contribution < 1.29 is 14.3 Å². The van der Waals surface area contributed by atoms with Crippen molar-refractivity contribution in [1.29, 1.82) is 0 Å². The largest absolute Gasteiger partial charge is 0.378 e. The number of morpholine rings is 1. The Balaban J connectivity index is 1.49. The third kappa shape index (κ3) is 4.12. The summed E-state index contributed by atoms with van der Waals surface area (Å²) in [6, 6.07) is 10.3. The number of benzene rings is 1. The smallest absolute Gasteiger partial charge is 0.230 e. The van der Waals surface area contributed by atoms with Gasteiger partial charge < -0.3 is 24.6 Å². The SMILES string of the molecule is CCO[C@H]1CC[C@H](C(=O)N2Cc3cccnc3Nc3ccc(N4CCOCC4)cc32)C1. The minimum absolute atomic E-state index is 0.00494.